The third-order valence-corrected chi connectivity index (χ3v) is 8.36. The maximum atomic E-state index is 13.8. The van der Waals surface area contributed by atoms with Gasteiger partial charge in [-0.25, -0.2) is 8.42 Å². The molecule has 0 aliphatic rings. The van der Waals surface area contributed by atoms with Gasteiger partial charge in [0.15, 0.2) is 0 Å². The number of halogens is 2. The van der Waals surface area contributed by atoms with Crippen LogP contribution in [0.3, 0.4) is 0 Å². The van der Waals surface area contributed by atoms with Crippen LogP contribution in [0.1, 0.15) is 19.4 Å². The summed E-state index contributed by atoms with van der Waals surface area (Å²) in [7, 11) is -2.67. The SMILES string of the molecule is CCOc1ccc(N(CC(=O)N(Cc2ccc(Cl)cc2)C(C)C(=O)NC)S(=O)(=O)c2ccc(Br)cc2)cc1. The highest BCUT2D eigenvalue weighted by atomic mass is 79.9. The average Bonchev–Trinajstić information content (AvgIpc) is 2.91. The topological polar surface area (TPSA) is 96.0 Å². The highest BCUT2D eigenvalue weighted by Crippen LogP contribution is 2.27. The van der Waals surface area contributed by atoms with Crippen LogP contribution in [0.25, 0.3) is 0 Å². The van der Waals surface area contributed by atoms with E-state index in [1.807, 2.05) is 6.92 Å². The maximum Gasteiger partial charge on any atom is 0.264 e. The summed E-state index contributed by atoms with van der Waals surface area (Å²) in [5.41, 5.74) is 1.02. The molecular formula is C27H29BrClN3O5S. The number of anilines is 1. The molecular weight excluding hydrogens is 594 g/mol. The van der Waals surface area contributed by atoms with Gasteiger partial charge in [-0.15, -0.1) is 0 Å². The predicted octanol–water partition coefficient (Wildman–Crippen LogP) is 4.86. The Morgan fingerprint density at radius 3 is 2.16 bits per heavy atom. The molecule has 0 aromatic heterocycles. The first kappa shape index (κ1) is 29.5. The summed E-state index contributed by atoms with van der Waals surface area (Å²) >= 11 is 9.32. The first-order valence-corrected chi connectivity index (χ1v) is 14.4. The normalized spacial score (nSPS) is 11.9. The molecule has 1 unspecified atom stereocenters. The van der Waals surface area contributed by atoms with Gasteiger partial charge in [0, 0.05) is 23.1 Å². The van der Waals surface area contributed by atoms with E-state index < -0.39 is 28.5 Å². The lowest BCUT2D eigenvalue weighted by Crippen LogP contribution is -2.50. The monoisotopic (exact) mass is 621 g/mol. The fraction of sp³-hybridized carbons (Fsp3) is 0.259. The van der Waals surface area contributed by atoms with Gasteiger partial charge in [-0.3, -0.25) is 13.9 Å². The third-order valence-electron chi connectivity index (χ3n) is 5.80. The quantitative estimate of drug-likeness (QED) is 0.330. The van der Waals surface area contributed by atoms with Crippen LogP contribution in [-0.4, -0.2) is 51.4 Å². The number of rotatable bonds is 11. The van der Waals surface area contributed by atoms with Crippen molar-refractivity contribution in [1.82, 2.24) is 10.2 Å². The lowest BCUT2D eigenvalue weighted by atomic mass is 10.1. The molecule has 8 nitrogen and oxygen atoms in total. The number of benzene rings is 3. The van der Waals surface area contributed by atoms with Crippen LogP contribution in [0.5, 0.6) is 5.75 Å². The molecule has 0 radical (unpaired) electrons. The van der Waals surface area contributed by atoms with E-state index in [0.29, 0.717) is 21.9 Å². The second kappa shape index (κ2) is 13.1. The standard InChI is InChI=1S/C27H29BrClN3O5S/c1-4-37-24-13-11-23(12-14-24)32(38(35,36)25-15-7-21(28)8-16-25)18-26(33)31(19(2)27(34)30-3)17-20-5-9-22(29)10-6-20/h5-16,19H,4,17-18H2,1-3H3,(H,30,34). The lowest BCUT2D eigenvalue weighted by Gasteiger charge is -2.31. The van der Waals surface area contributed by atoms with Crippen LogP contribution in [0.4, 0.5) is 5.69 Å². The Kier molecular flexibility index (Phi) is 10.2. The first-order valence-electron chi connectivity index (χ1n) is 11.8. The van der Waals surface area contributed by atoms with Crippen molar-refractivity contribution in [2.24, 2.45) is 0 Å². The highest BCUT2D eigenvalue weighted by Gasteiger charge is 2.32. The molecule has 202 valence electrons. The number of nitrogens with one attached hydrogen (secondary N) is 1. The molecule has 11 heteroatoms. The van der Waals surface area contributed by atoms with Crippen LogP contribution < -0.4 is 14.4 Å². The molecule has 3 aromatic carbocycles. The van der Waals surface area contributed by atoms with Crippen molar-refractivity contribution in [2.75, 3.05) is 24.5 Å². The van der Waals surface area contributed by atoms with E-state index in [1.54, 1.807) is 67.6 Å². The summed E-state index contributed by atoms with van der Waals surface area (Å²) in [4.78, 5) is 27.6. The summed E-state index contributed by atoms with van der Waals surface area (Å²) in [5.74, 6) is -0.359. The summed E-state index contributed by atoms with van der Waals surface area (Å²) in [6.07, 6.45) is 0. The van der Waals surface area contributed by atoms with Gasteiger partial charge in [0.05, 0.1) is 17.2 Å². The second-order valence-electron chi connectivity index (χ2n) is 8.33. The van der Waals surface area contributed by atoms with Crippen LogP contribution in [0.15, 0.2) is 82.2 Å². The Bertz CT molecular complexity index is 1350. The molecule has 1 N–H and O–H groups in total. The maximum absolute atomic E-state index is 13.8. The zero-order chi connectivity index (χ0) is 27.9. The van der Waals surface area contributed by atoms with E-state index in [9.17, 15) is 18.0 Å². The lowest BCUT2D eigenvalue weighted by molar-refractivity contribution is -0.139. The first-order chi connectivity index (χ1) is 18.1. The summed E-state index contributed by atoms with van der Waals surface area (Å²) in [6.45, 7) is 3.45. The number of amides is 2. The van der Waals surface area contributed by atoms with Gasteiger partial charge < -0.3 is 15.0 Å². The Balaban J connectivity index is 2.02. The minimum absolute atomic E-state index is 0.0194. The van der Waals surface area contributed by atoms with E-state index in [0.717, 1.165) is 9.87 Å². The second-order valence-corrected chi connectivity index (χ2v) is 11.5. The molecule has 1 atom stereocenters. The molecule has 38 heavy (non-hydrogen) atoms. The van der Waals surface area contributed by atoms with E-state index in [4.69, 9.17) is 16.3 Å². The molecule has 2 amide bonds. The van der Waals surface area contributed by atoms with Crippen LogP contribution >= 0.6 is 27.5 Å². The molecule has 0 spiro atoms. The Labute approximate surface area is 236 Å². The molecule has 3 rings (SSSR count). The van der Waals surface area contributed by atoms with Crippen molar-refractivity contribution in [3.8, 4) is 5.75 Å². The number of ether oxygens (including phenoxy) is 1. The minimum atomic E-state index is -4.15. The number of carbonyl (C=O) groups excluding carboxylic acids is 2. The van der Waals surface area contributed by atoms with Gasteiger partial charge in [0.25, 0.3) is 10.0 Å². The van der Waals surface area contributed by atoms with E-state index >= 15 is 0 Å². The summed E-state index contributed by atoms with van der Waals surface area (Å²) < 4.78 is 34.8. The number of sulfonamides is 1. The van der Waals surface area contributed by atoms with Crippen molar-refractivity contribution >= 4 is 55.1 Å². The molecule has 0 aliphatic heterocycles. The molecule has 0 saturated carbocycles. The van der Waals surface area contributed by atoms with Crippen molar-refractivity contribution < 1.29 is 22.7 Å². The van der Waals surface area contributed by atoms with Crippen LogP contribution in [0.2, 0.25) is 5.02 Å². The highest BCUT2D eigenvalue weighted by molar-refractivity contribution is 9.10. The van der Waals surface area contributed by atoms with Gasteiger partial charge >= 0.3 is 0 Å². The predicted molar refractivity (Wildman–Crippen MR) is 152 cm³/mol. The van der Waals surface area contributed by atoms with Gasteiger partial charge in [-0.1, -0.05) is 39.7 Å². The van der Waals surface area contributed by atoms with Gasteiger partial charge in [-0.05, 0) is 80.1 Å². The van der Waals surface area contributed by atoms with E-state index in [2.05, 4.69) is 21.2 Å². The number of likely N-dealkylation sites (N-methyl/N-ethyl adjacent to an activating group) is 1. The summed E-state index contributed by atoms with van der Waals surface area (Å²) in [5, 5.41) is 3.09. The molecule has 3 aromatic rings. The van der Waals surface area contributed by atoms with Gasteiger partial charge in [0.2, 0.25) is 11.8 Å². The number of hydrogen-bond acceptors (Lipinski definition) is 5. The van der Waals surface area contributed by atoms with Crippen molar-refractivity contribution in [1.29, 1.82) is 0 Å². The van der Waals surface area contributed by atoms with Crippen molar-refractivity contribution in [3.05, 3.63) is 87.9 Å². The van der Waals surface area contributed by atoms with Crippen molar-refractivity contribution in [2.45, 2.75) is 31.3 Å². The number of carbonyl (C=O) groups is 2. The molecule has 0 bridgehead atoms. The molecule has 0 heterocycles. The number of hydrogen-bond donors (Lipinski definition) is 1. The van der Waals surface area contributed by atoms with E-state index in [-0.39, 0.29) is 23.0 Å². The fourth-order valence-corrected chi connectivity index (χ4v) is 5.52. The van der Waals surface area contributed by atoms with Crippen LogP contribution in [0, 0.1) is 0 Å². The minimum Gasteiger partial charge on any atom is -0.494 e. The average molecular weight is 623 g/mol. The summed E-state index contributed by atoms with van der Waals surface area (Å²) in [6, 6.07) is 18.6. The van der Waals surface area contributed by atoms with Crippen LogP contribution in [-0.2, 0) is 26.2 Å². The Hall–Kier alpha value is -3.08. The smallest absolute Gasteiger partial charge is 0.264 e. The van der Waals surface area contributed by atoms with Gasteiger partial charge in [0.1, 0.15) is 18.3 Å². The Morgan fingerprint density at radius 2 is 1.61 bits per heavy atom. The molecule has 0 fully saturated rings. The molecule has 0 saturated heterocycles. The zero-order valence-corrected chi connectivity index (χ0v) is 24.4. The number of nitrogens with zero attached hydrogens (tertiary/aromatic N) is 2. The molecule has 0 aliphatic carbocycles. The van der Waals surface area contributed by atoms with Crippen molar-refractivity contribution in [3.63, 3.8) is 0 Å². The zero-order valence-electron chi connectivity index (χ0n) is 21.2. The third kappa shape index (κ3) is 7.27. The van der Waals surface area contributed by atoms with Gasteiger partial charge in [-0.2, -0.15) is 0 Å². The van der Waals surface area contributed by atoms with E-state index in [1.165, 1.54) is 24.1 Å². The Morgan fingerprint density at radius 1 is 1.00 bits per heavy atom. The fourth-order valence-electron chi connectivity index (χ4n) is 3.72. The largest absolute Gasteiger partial charge is 0.494 e.